The first-order valence-corrected chi connectivity index (χ1v) is 11.3. The zero-order chi connectivity index (χ0) is 25.8. The minimum atomic E-state index is -0.912. The van der Waals surface area contributed by atoms with Crippen molar-refractivity contribution in [3.8, 4) is 23.0 Å². The van der Waals surface area contributed by atoms with Gasteiger partial charge in [0.05, 0.1) is 39.6 Å². The highest BCUT2D eigenvalue weighted by Gasteiger charge is 2.47. The Balaban J connectivity index is 1.90. The number of carbonyl (C=O) groups excluding carboxylic acids is 2. The van der Waals surface area contributed by atoms with E-state index in [1.54, 1.807) is 73.8 Å². The van der Waals surface area contributed by atoms with Gasteiger partial charge in [-0.05, 0) is 73.2 Å². The quantitative estimate of drug-likeness (QED) is 0.278. The Kier molecular flexibility index (Phi) is 7.15. The summed E-state index contributed by atoms with van der Waals surface area (Å²) in [5.41, 5.74) is 1.39. The van der Waals surface area contributed by atoms with Crippen molar-refractivity contribution in [1.29, 1.82) is 0 Å². The number of carbonyl (C=O) groups is 2. The summed E-state index contributed by atoms with van der Waals surface area (Å²) in [6.45, 7) is 2.37. The van der Waals surface area contributed by atoms with E-state index in [0.29, 0.717) is 46.4 Å². The largest absolute Gasteiger partial charge is 0.507 e. The summed E-state index contributed by atoms with van der Waals surface area (Å²) in [5, 5.41) is 11.3. The van der Waals surface area contributed by atoms with Crippen molar-refractivity contribution in [1.82, 2.24) is 0 Å². The maximum Gasteiger partial charge on any atom is 0.300 e. The second-order valence-corrected chi connectivity index (χ2v) is 7.94. The summed E-state index contributed by atoms with van der Waals surface area (Å²) in [5.74, 6) is 0.318. The average molecular weight is 490 g/mol. The zero-order valence-corrected chi connectivity index (χ0v) is 20.5. The molecule has 1 saturated heterocycles. The first-order valence-electron chi connectivity index (χ1n) is 11.3. The van der Waals surface area contributed by atoms with E-state index >= 15 is 0 Å². The molecule has 3 aromatic carbocycles. The second-order valence-electron chi connectivity index (χ2n) is 7.94. The van der Waals surface area contributed by atoms with Crippen LogP contribution in [0.15, 0.2) is 72.3 Å². The zero-order valence-electron chi connectivity index (χ0n) is 20.5. The smallest absolute Gasteiger partial charge is 0.300 e. The molecule has 0 bridgehead atoms. The van der Waals surface area contributed by atoms with Crippen LogP contribution in [0.25, 0.3) is 5.76 Å². The highest BCUT2D eigenvalue weighted by Crippen LogP contribution is 2.44. The number of ketones is 1. The predicted octanol–water partition coefficient (Wildman–Crippen LogP) is 4.74. The van der Waals surface area contributed by atoms with Gasteiger partial charge in [0, 0.05) is 11.3 Å². The molecule has 0 aliphatic carbocycles. The summed E-state index contributed by atoms with van der Waals surface area (Å²) in [7, 11) is 4.57. The maximum absolute atomic E-state index is 13.3. The van der Waals surface area contributed by atoms with Crippen LogP contribution < -0.4 is 23.8 Å². The minimum absolute atomic E-state index is 0.0350. The van der Waals surface area contributed by atoms with Crippen molar-refractivity contribution in [2.24, 2.45) is 0 Å². The first-order chi connectivity index (χ1) is 17.4. The number of Topliss-reactive ketones (excluding diaryl/α,β-unsaturated/α-hetero) is 1. The molecule has 0 spiro atoms. The lowest BCUT2D eigenvalue weighted by Gasteiger charge is -2.26. The van der Waals surface area contributed by atoms with E-state index in [9.17, 15) is 14.7 Å². The Morgan fingerprint density at radius 3 is 2.06 bits per heavy atom. The standard InChI is InChI=1S/C28H27NO7/c1-5-36-21-11-6-17(7-12-21)26(30)24-25(18-8-15-22(34-3)23(16-18)35-4)29(28(32)27(24)31)19-9-13-20(33-2)14-10-19/h6-16,25,30H,5H2,1-4H3/t25-/m0/s1. The van der Waals surface area contributed by atoms with Crippen LogP contribution in [0.2, 0.25) is 0 Å². The predicted molar refractivity (Wildman–Crippen MR) is 135 cm³/mol. The molecule has 1 fully saturated rings. The van der Waals surface area contributed by atoms with Gasteiger partial charge in [-0.3, -0.25) is 14.5 Å². The monoisotopic (exact) mass is 489 g/mol. The molecule has 1 aliphatic rings. The van der Waals surface area contributed by atoms with Crippen molar-refractivity contribution >= 4 is 23.1 Å². The number of ether oxygens (including phenoxy) is 4. The Labute approximate surface area is 209 Å². The molecule has 8 heteroatoms. The van der Waals surface area contributed by atoms with Crippen LogP contribution in [0.3, 0.4) is 0 Å². The van der Waals surface area contributed by atoms with Crippen LogP contribution in [0.5, 0.6) is 23.0 Å². The highest BCUT2D eigenvalue weighted by molar-refractivity contribution is 6.51. The van der Waals surface area contributed by atoms with Gasteiger partial charge < -0.3 is 24.1 Å². The van der Waals surface area contributed by atoms with Crippen LogP contribution in [0.4, 0.5) is 5.69 Å². The van der Waals surface area contributed by atoms with Crippen LogP contribution in [0, 0.1) is 0 Å². The fraction of sp³-hybridized carbons (Fsp3) is 0.214. The first kappa shape index (κ1) is 24.7. The fourth-order valence-electron chi connectivity index (χ4n) is 4.21. The van der Waals surface area contributed by atoms with Crippen LogP contribution >= 0.6 is 0 Å². The number of nitrogens with zero attached hydrogens (tertiary/aromatic N) is 1. The van der Waals surface area contributed by atoms with E-state index in [1.165, 1.54) is 19.1 Å². The van der Waals surface area contributed by atoms with Gasteiger partial charge in [0.2, 0.25) is 0 Å². The van der Waals surface area contributed by atoms with Gasteiger partial charge in [-0.1, -0.05) is 6.07 Å². The number of anilines is 1. The topological polar surface area (TPSA) is 94.5 Å². The van der Waals surface area contributed by atoms with E-state index in [2.05, 4.69) is 0 Å². The van der Waals surface area contributed by atoms with Crippen LogP contribution in [0.1, 0.15) is 24.1 Å². The minimum Gasteiger partial charge on any atom is -0.507 e. The van der Waals surface area contributed by atoms with E-state index in [1.807, 2.05) is 6.92 Å². The molecule has 0 saturated carbocycles. The molecule has 0 aromatic heterocycles. The molecule has 1 aliphatic heterocycles. The van der Waals surface area contributed by atoms with Crippen molar-refractivity contribution in [3.05, 3.63) is 83.4 Å². The summed E-state index contributed by atoms with van der Waals surface area (Å²) < 4.78 is 21.5. The molecule has 1 amide bonds. The average Bonchev–Trinajstić information content (AvgIpc) is 3.18. The summed E-state index contributed by atoms with van der Waals surface area (Å²) >= 11 is 0. The lowest BCUT2D eigenvalue weighted by atomic mass is 9.94. The van der Waals surface area contributed by atoms with Gasteiger partial charge in [0.1, 0.15) is 17.3 Å². The molecule has 1 atom stereocenters. The van der Waals surface area contributed by atoms with Gasteiger partial charge >= 0.3 is 0 Å². The van der Waals surface area contributed by atoms with E-state index in [-0.39, 0.29) is 11.3 Å². The molecular weight excluding hydrogens is 462 g/mol. The van der Waals surface area contributed by atoms with Crippen molar-refractivity contribution in [2.75, 3.05) is 32.8 Å². The Morgan fingerprint density at radius 1 is 0.833 bits per heavy atom. The second kappa shape index (κ2) is 10.4. The molecule has 1 heterocycles. The Morgan fingerprint density at radius 2 is 1.47 bits per heavy atom. The van der Waals surface area contributed by atoms with Gasteiger partial charge in [-0.15, -0.1) is 0 Å². The molecule has 0 unspecified atom stereocenters. The van der Waals surface area contributed by atoms with Crippen LogP contribution in [-0.2, 0) is 9.59 Å². The number of hydrogen-bond donors (Lipinski definition) is 1. The molecule has 186 valence electrons. The van der Waals surface area contributed by atoms with E-state index < -0.39 is 17.7 Å². The molecule has 0 radical (unpaired) electrons. The van der Waals surface area contributed by atoms with Crippen molar-refractivity contribution in [2.45, 2.75) is 13.0 Å². The van der Waals surface area contributed by atoms with Crippen molar-refractivity contribution in [3.63, 3.8) is 0 Å². The maximum atomic E-state index is 13.3. The molecular formula is C28H27NO7. The molecule has 36 heavy (non-hydrogen) atoms. The number of aliphatic hydroxyl groups excluding tert-OH is 1. The third-order valence-corrected chi connectivity index (χ3v) is 5.96. The normalized spacial score (nSPS) is 16.7. The summed E-state index contributed by atoms with van der Waals surface area (Å²) in [6, 6.07) is 17.7. The number of benzene rings is 3. The fourth-order valence-corrected chi connectivity index (χ4v) is 4.21. The molecule has 3 aromatic rings. The number of methoxy groups -OCH3 is 3. The summed E-state index contributed by atoms with van der Waals surface area (Å²) in [4.78, 5) is 28.0. The Bertz CT molecular complexity index is 1300. The van der Waals surface area contributed by atoms with Crippen molar-refractivity contribution < 1.29 is 33.6 Å². The third-order valence-electron chi connectivity index (χ3n) is 5.96. The number of rotatable bonds is 8. The number of amides is 1. The van der Waals surface area contributed by atoms with Gasteiger partial charge in [-0.25, -0.2) is 0 Å². The molecule has 1 N–H and O–H groups in total. The number of aliphatic hydroxyl groups is 1. The lowest BCUT2D eigenvalue weighted by Crippen LogP contribution is -2.29. The van der Waals surface area contributed by atoms with Crippen LogP contribution in [-0.4, -0.2) is 44.7 Å². The molecule has 8 nitrogen and oxygen atoms in total. The SMILES string of the molecule is CCOc1ccc(C(O)=C2C(=O)C(=O)N(c3ccc(OC)cc3)[C@H]2c2ccc(OC)c(OC)c2)cc1. The number of hydrogen-bond acceptors (Lipinski definition) is 7. The Hall–Kier alpha value is -4.46. The van der Waals surface area contributed by atoms with E-state index in [4.69, 9.17) is 18.9 Å². The van der Waals surface area contributed by atoms with Gasteiger partial charge in [0.25, 0.3) is 11.7 Å². The van der Waals surface area contributed by atoms with E-state index in [0.717, 1.165) is 0 Å². The third kappa shape index (κ3) is 4.45. The van der Waals surface area contributed by atoms with Gasteiger partial charge in [-0.2, -0.15) is 0 Å². The molecule has 4 rings (SSSR count). The van der Waals surface area contributed by atoms with Gasteiger partial charge in [0.15, 0.2) is 11.5 Å². The highest BCUT2D eigenvalue weighted by atomic mass is 16.5. The summed E-state index contributed by atoms with van der Waals surface area (Å²) in [6.07, 6.45) is 0. The lowest BCUT2D eigenvalue weighted by molar-refractivity contribution is -0.132.